The number of halogens is 1. The van der Waals surface area contributed by atoms with Gasteiger partial charge in [-0.25, -0.2) is 4.98 Å². The summed E-state index contributed by atoms with van der Waals surface area (Å²) < 4.78 is 5.52. The molecule has 4 nitrogen and oxygen atoms in total. The van der Waals surface area contributed by atoms with E-state index in [4.69, 9.17) is 21.3 Å². The van der Waals surface area contributed by atoms with Crippen molar-refractivity contribution < 1.29 is 4.74 Å². The third-order valence-corrected chi connectivity index (χ3v) is 7.23. The summed E-state index contributed by atoms with van der Waals surface area (Å²) in [5.41, 5.74) is 2.91. The second-order valence-corrected chi connectivity index (χ2v) is 9.33. The van der Waals surface area contributed by atoms with Crippen molar-refractivity contribution in [3.8, 4) is 5.75 Å². The lowest BCUT2D eigenvalue weighted by atomic mass is 10.0. The van der Waals surface area contributed by atoms with Crippen LogP contribution in [0, 0.1) is 0 Å². The van der Waals surface area contributed by atoms with E-state index in [9.17, 15) is 0 Å². The van der Waals surface area contributed by atoms with Gasteiger partial charge in [-0.15, -0.1) is 11.3 Å². The highest BCUT2D eigenvalue weighted by Crippen LogP contribution is 2.37. The van der Waals surface area contributed by atoms with E-state index in [1.807, 2.05) is 24.3 Å². The Hall–Kier alpha value is -2.34. The molecule has 1 atom stereocenters. The SMILES string of the molecule is CCN(CC)CCC[C@H](Nc1c2ccc(Cl)cc2nc2ccc(OC)cc12)c1cccs1. The van der Waals surface area contributed by atoms with Crippen LogP contribution in [0.5, 0.6) is 5.75 Å². The lowest BCUT2D eigenvalue weighted by Crippen LogP contribution is -2.24. The van der Waals surface area contributed by atoms with E-state index in [-0.39, 0.29) is 6.04 Å². The fraction of sp³-hybridized carbons (Fsp3) is 0.346. The van der Waals surface area contributed by atoms with Crippen LogP contribution in [0.2, 0.25) is 5.02 Å². The third-order valence-electron chi connectivity index (χ3n) is 6.01. The Kier molecular flexibility index (Phi) is 7.51. The van der Waals surface area contributed by atoms with Crippen LogP contribution >= 0.6 is 22.9 Å². The molecular formula is C26H30ClN3OS. The summed E-state index contributed by atoms with van der Waals surface area (Å²) in [6.45, 7) is 7.75. The summed E-state index contributed by atoms with van der Waals surface area (Å²) in [5.74, 6) is 0.824. The van der Waals surface area contributed by atoms with Crippen LogP contribution in [0.4, 0.5) is 5.69 Å². The van der Waals surface area contributed by atoms with Crippen molar-refractivity contribution >= 4 is 50.4 Å². The Labute approximate surface area is 199 Å². The summed E-state index contributed by atoms with van der Waals surface area (Å²) in [5, 5.41) is 8.88. The Morgan fingerprint density at radius 2 is 1.91 bits per heavy atom. The van der Waals surface area contributed by atoms with Gasteiger partial charge in [-0.05, 0) is 80.3 Å². The molecule has 0 aliphatic carbocycles. The maximum atomic E-state index is 6.30. The average Bonchev–Trinajstić information content (AvgIpc) is 3.35. The molecule has 1 N–H and O–H groups in total. The predicted octanol–water partition coefficient (Wildman–Crippen LogP) is 7.39. The number of anilines is 1. The summed E-state index contributed by atoms with van der Waals surface area (Å²) >= 11 is 8.10. The lowest BCUT2D eigenvalue weighted by Gasteiger charge is -2.24. The van der Waals surface area contributed by atoms with Crippen molar-refractivity contribution in [1.82, 2.24) is 9.88 Å². The molecule has 0 fully saturated rings. The highest BCUT2D eigenvalue weighted by Gasteiger charge is 2.18. The molecule has 168 valence electrons. The Morgan fingerprint density at radius 1 is 1.06 bits per heavy atom. The molecule has 2 heterocycles. The molecule has 0 spiro atoms. The fourth-order valence-electron chi connectivity index (χ4n) is 4.19. The first-order chi connectivity index (χ1) is 15.6. The largest absolute Gasteiger partial charge is 0.497 e. The minimum atomic E-state index is 0.223. The van der Waals surface area contributed by atoms with Gasteiger partial charge < -0.3 is 15.0 Å². The van der Waals surface area contributed by atoms with Crippen molar-refractivity contribution in [2.24, 2.45) is 0 Å². The second kappa shape index (κ2) is 10.5. The van der Waals surface area contributed by atoms with Crippen LogP contribution in [0.25, 0.3) is 21.8 Å². The number of thiophene rings is 1. The first-order valence-corrected chi connectivity index (χ1v) is 12.5. The quantitative estimate of drug-likeness (QED) is 0.247. The van der Waals surface area contributed by atoms with Crippen molar-refractivity contribution in [1.29, 1.82) is 0 Å². The number of benzene rings is 2. The molecule has 0 radical (unpaired) electrons. The maximum absolute atomic E-state index is 6.30. The van der Waals surface area contributed by atoms with E-state index in [0.717, 1.165) is 65.7 Å². The molecule has 32 heavy (non-hydrogen) atoms. The molecule has 0 unspecified atom stereocenters. The van der Waals surface area contributed by atoms with E-state index < -0.39 is 0 Å². The summed E-state index contributed by atoms with van der Waals surface area (Å²) in [7, 11) is 1.70. The minimum absolute atomic E-state index is 0.223. The molecule has 2 aromatic heterocycles. The summed E-state index contributed by atoms with van der Waals surface area (Å²) in [6, 6.07) is 16.5. The molecule has 0 aliphatic heterocycles. The molecule has 0 saturated carbocycles. The smallest absolute Gasteiger partial charge is 0.119 e. The van der Waals surface area contributed by atoms with Crippen molar-refractivity contribution in [2.45, 2.75) is 32.7 Å². The molecule has 4 aromatic rings. The van der Waals surface area contributed by atoms with E-state index in [1.165, 1.54) is 4.88 Å². The molecule has 6 heteroatoms. The van der Waals surface area contributed by atoms with Gasteiger partial charge in [0, 0.05) is 20.7 Å². The first kappa shape index (κ1) is 22.8. The number of aromatic nitrogens is 1. The van der Waals surface area contributed by atoms with Crippen LogP contribution in [-0.2, 0) is 0 Å². The van der Waals surface area contributed by atoms with Gasteiger partial charge in [-0.2, -0.15) is 0 Å². The normalized spacial score (nSPS) is 12.5. The molecule has 0 amide bonds. The standard InChI is InChI=1S/C26H30ClN3OS/c1-4-30(5-2)14-6-8-23(25-9-7-15-32-25)29-26-20-12-10-18(27)16-24(20)28-22-13-11-19(31-3)17-21(22)26/h7,9-13,15-17,23H,4-6,8,14H2,1-3H3,(H,28,29)/t23-/m0/s1. The number of nitrogens with one attached hydrogen (secondary N) is 1. The highest BCUT2D eigenvalue weighted by atomic mass is 35.5. The third kappa shape index (κ3) is 5.01. The number of rotatable bonds is 10. The number of nitrogens with zero attached hydrogens (tertiary/aromatic N) is 2. The van der Waals surface area contributed by atoms with Crippen molar-refractivity contribution in [3.63, 3.8) is 0 Å². The monoisotopic (exact) mass is 467 g/mol. The summed E-state index contributed by atoms with van der Waals surface area (Å²) in [4.78, 5) is 8.70. The van der Waals surface area contributed by atoms with Crippen LogP contribution in [0.1, 0.15) is 37.6 Å². The lowest BCUT2D eigenvalue weighted by molar-refractivity contribution is 0.294. The molecule has 2 aromatic carbocycles. The fourth-order valence-corrected chi connectivity index (χ4v) is 5.17. The maximum Gasteiger partial charge on any atom is 0.119 e. The van der Waals surface area contributed by atoms with Crippen LogP contribution < -0.4 is 10.1 Å². The number of fused-ring (bicyclic) bond motifs is 2. The number of ether oxygens (including phenoxy) is 1. The topological polar surface area (TPSA) is 37.4 Å². The van der Waals surface area contributed by atoms with Crippen LogP contribution in [0.15, 0.2) is 53.9 Å². The van der Waals surface area contributed by atoms with E-state index in [1.54, 1.807) is 18.4 Å². The van der Waals surface area contributed by atoms with Gasteiger partial charge in [0.05, 0.1) is 29.9 Å². The minimum Gasteiger partial charge on any atom is -0.497 e. The zero-order chi connectivity index (χ0) is 22.5. The Morgan fingerprint density at radius 3 is 2.62 bits per heavy atom. The molecule has 0 aliphatic rings. The van der Waals surface area contributed by atoms with Gasteiger partial charge >= 0.3 is 0 Å². The van der Waals surface area contributed by atoms with E-state index in [2.05, 4.69) is 53.7 Å². The van der Waals surface area contributed by atoms with Gasteiger partial charge in [-0.1, -0.05) is 31.5 Å². The van der Waals surface area contributed by atoms with Crippen molar-refractivity contribution in [2.75, 3.05) is 32.1 Å². The zero-order valence-electron chi connectivity index (χ0n) is 18.9. The Balaban J connectivity index is 1.75. The molecular weight excluding hydrogens is 438 g/mol. The van der Waals surface area contributed by atoms with Crippen LogP contribution in [0.3, 0.4) is 0 Å². The van der Waals surface area contributed by atoms with Gasteiger partial charge in [0.1, 0.15) is 5.75 Å². The average molecular weight is 468 g/mol. The number of hydrogen-bond donors (Lipinski definition) is 1. The van der Waals surface area contributed by atoms with E-state index in [0.29, 0.717) is 5.02 Å². The van der Waals surface area contributed by atoms with Gasteiger partial charge in [0.15, 0.2) is 0 Å². The highest BCUT2D eigenvalue weighted by molar-refractivity contribution is 7.10. The van der Waals surface area contributed by atoms with Gasteiger partial charge in [-0.3, -0.25) is 0 Å². The molecule has 0 saturated heterocycles. The number of methoxy groups -OCH3 is 1. The first-order valence-electron chi connectivity index (χ1n) is 11.2. The Bertz CT molecular complexity index is 1170. The van der Waals surface area contributed by atoms with Gasteiger partial charge in [0.2, 0.25) is 0 Å². The zero-order valence-corrected chi connectivity index (χ0v) is 20.5. The second-order valence-electron chi connectivity index (χ2n) is 7.91. The predicted molar refractivity (Wildman–Crippen MR) is 139 cm³/mol. The number of pyridine rings is 1. The van der Waals surface area contributed by atoms with E-state index >= 15 is 0 Å². The number of hydrogen-bond acceptors (Lipinski definition) is 5. The van der Waals surface area contributed by atoms with Crippen molar-refractivity contribution in [3.05, 3.63) is 63.8 Å². The van der Waals surface area contributed by atoms with Gasteiger partial charge in [0.25, 0.3) is 0 Å². The molecule has 0 bridgehead atoms. The van der Waals surface area contributed by atoms with Crippen LogP contribution in [-0.4, -0.2) is 36.6 Å². The molecule has 4 rings (SSSR count). The summed E-state index contributed by atoms with van der Waals surface area (Å²) in [6.07, 6.45) is 2.19.